The molecule has 0 radical (unpaired) electrons. The molecule has 2 fully saturated rings. The minimum atomic E-state index is -0.253. The molecule has 2 aliphatic rings. The lowest BCUT2D eigenvalue weighted by Gasteiger charge is -2.19. The molecule has 3 unspecified atom stereocenters. The third-order valence-corrected chi connectivity index (χ3v) is 5.98. The van der Waals surface area contributed by atoms with E-state index >= 15 is 0 Å². The smallest absolute Gasteiger partial charge is 0.126 e. The van der Waals surface area contributed by atoms with E-state index in [1.165, 1.54) is 37.2 Å². The summed E-state index contributed by atoms with van der Waals surface area (Å²) in [5.74, 6) is 1.06. The van der Waals surface area contributed by atoms with Crippen molar-refractivity contribution < 1.29 is 9.13 Å². The first-order valence-corrected chi connectivity index (χ1v) is 10.4. The second-order valence-corrected chi connectivity index (χ2v) is 8.01. The molecule has 4 nitrogen and oxygen atoms in total. The number of rotatable bonds is 8. The minimum Gasteiger partial charge on any atom is -0.493 e. The molecule has 2 saturated heterocycles. The Balaban J connectivity index is 1.15. The number of nitrogens with zero attached hydrogens (tertiary/aromatic N) is 1. The summed E-state index contributed by atoms with van der Waals surface area (Å²) in [6.07, 6.45) is 4.44. The molecule has 2 heterocycles. The Hall–Kier alpha value is -1.95. The molecule has 0 bridgehead atoms. The van der Waals surface area contributed by atoms with Gasteiger partial charge in [0.25, 0.3) is 0 Å². The van der Waals surface area contributed by atoms with Gasteiger partial charge in [-0.05, 0) is 55.8 Å². The molecule has 28 heavy (non-hydrogen) atoms. The molecule has 0 aromatic heterocycles. The van der Waals surface area contributed by atoms with E-state index in [4.69, 9.17) is 4.74 Å². The second kappa shape index (κ2) is 9.50. The molecule has 0 saturated carbocycles. The molecule has 0 amide bonds. The lowest BCUT2D eigenvalue weighted by atomic mass is 9.94. The lowest BCUT2D eigenvalue weighted by molar-refractivity contribution is 0.288. The summed E-state index contributed by atoms with van der Waals surface area (Å²) in [6, 6.07) is 18.0. The van der Waals surface area contributed by atoms with E-state index in [9.17, 15) is 4.39 Å². The van der Waals surface area contributed by atoms with Gasteiger partial charge in [-0.2, -0.15) is 0 Å². The fourth-order valence-corrected chi connectivity index (χ4v) is 4.35. The van der Waals surface area contributed by atoms with E-state index in [1.54, 1.807) is 12.1 Å². The lowest BCUT2D eigenvalue weighted by Crippen LogP contribution is -2.38. The van der Waals surface area contributed by atoms with Gasteiger partial charge < -0.3 is 9.64 Å². The van der Waals surface area contributed by atoms with Gasteiger partial charge >= 0.3 is 0 Å². The Labute approximate surface area is 167 Å². The van der Waals surface area contributed by atoms with Gasteiger partial charge in [-0.3, -0.25) is 10.9 Å². The summed E-state index contributed by atoms with van der Waals surface area (Å²) in [5, 5.41) is 0. The van der Waals surface area contributed by atoms with Crippen molar-refractivity contribution in [3.05, 3.63) is 66.0 Å². The third kappa shape index (κ3) is 5.31. The number of halogens is 1. The highest BCUT2D eigenvalue weighted by Crippen LogP contribution is 2.25. The van der Waals surface area contributed by atoms with Crippen LogP contribution in [0.15, 0.2) is 54.6 Å². The average Bonchev–Trinajstić information content (AvgIpc) is 3.37. The summed E-state index contributed by atoms with van der Waals surface area (Å²) in [6.45, 7) is 4.12. The molecule has 2 aliphatic heterocycles. The van der Waals surface area contributed by atoms with E-state index in [0.717, 1.165) is 25.8 Å². The average molecular weight is 384 g/mol. The minimum absolute atomic E-state index is 0.253. The maximum atomic E-state index is 13.2. The Morgan fingerprint density at radius 2 is 1.96 bits per heavy atom. The van der Waals surface area contributed by atoms with Crippen molar-refractivity contribution in [2.75, 3.05) is 26.2 Å². The van der Waals surface area contributed by atoms with E-state index in [-0.39, 0.29) is 5.82 Å². The zero-order valence-electron chi connectivity index (χ0n) is 16.3. The number of ether oxygens (including phenoxy) is 1. The molecular formula is C23H30FN3O. The van der Waals surface area contributed by atoms with Gasteiger partial charge in [0.05, 0.1) is 6.61 Å². The Kier molecular flexibility index (Phi) is 6.57. The summed E-state index contributed by atoms with van der Waals surface area (Å²) in [5.41, 5.74) is 8.36. The first-order chi connectivity index (χ1) is 13.8. The molecule has 150 valence electrons. The number of nitrogens with one attached hydrogen (secondary N) is 2. The predicted molar refractivity (Wildman–Crippen MR) is 110 cm³/mol. The SMILES string of the molecule is Fc1cccc(OCCC2CC(C3CCN(CCc4ccccc4)C3)NN2)c1. The number of likely N-dealkylation sites (tertiary alicyclic amines) is 1. The van der Waals surface area contributed by atoms with E-state index in [2.05, 4.69) is 46.1 Å². The van der Waals surface area contributed by atoms with Crippen LogP contribution in [0.3, 0.4) is 0 Å². The maximum Gasteiger partial charge on any atom is 0.126 e. The zero-order valence-corrected chi connectivity index (χ0v) is 16.3. The summed E-state index contributed by atoms with van der Waals surface area (Å²) in [4.78, 5) is 2.60. The summed E-state index contributed by atoms with van der Waals surface area (Å²) in [7, 11) is 0. The fraction of sp³-hybridized carbons (Fsp3) is 0.478. The van der Waals surface area contributed by atoms with Crippen molar-refractivity contribution in [2.24, 2.45) is 5.92 Å². The molecule has 2 aromatic rings. The van der Waals surface area contributed by atoms with Crippen molar-refractivity contribution in [1.29, 1.82) is 0 Å². The third-order valence-electron chi connectivity index (χ3n) is 5.98. The Bertz CT molecular complexity index is 742. The van der Waals surface area contributed by atoms with Gasteiger partial charge in [0.2, 0.25) is 0 Å². The van der Waals surface area contributed by atoms with Crippen LogP contribution in [0.25, 0.3) is 0 Å². The van der Waals surface area contributed by atoms with Crippen molar-refractivity contribution in [2.45, 2.75) is 37.8 Å². The Morgan fingerprint density at radius 1 is 1.07 bits per heavy atom. The van der Waals surface area contributed by atoms with Crippen LogP contribution in [-0.2, 0) is 6.42 Å². The van der Waals surface area contributed by atoms with Gasteiger partial charge in [0.15, 0.2) is 0 Å². The second-order valence-electron chi connectivity index (χ2n) is 8.01. The monoisotopic (exact) mass is 383 g/mol. The van der Waals surface area contributed by atoms with Crippen LogP contribution in [-0.4, -0.2) is 43.2 Å². The quantitative estimate of drug-likeness (QED) is 0.733. The van der Waals surface area contributed by atoms with Crippen molar-refractivity contribution >= 4 is 0 Å². The first-order valence-electron chi connectivity index (χ1n) is 10.4. The van der Waals surface area contributed by atoms with E-state index in [1.807, 2.05) is 0 Å². The van der Waals surface area contributed by atoms with Crippen molar-refractivity contribution in [3.63, 3.8) is 0 Å². The number of hydrogen-bond donors (Lipinski definition) is 2. The summed E-state index contributed by atoms with van der Waals surface area (Å²) < 4.78 is 18.9. The normalized spacial score (nSPS) is 25.2. The topological polar surface area (TPSA) is 36.5 Å². The van der Waals surface area contributed by atoms with Crippen LogP contribution >= 0.6 is 0 Å². The number of benzene rings is 2. The largest absolute Gasteiger partial charge is 0.493 e. The van der Waals surface area contributed by atoms with E-state index < -0.39 is 0 Å². The highest BCUT2D eigenvalue weighted by atomic mass is 19.1. The van der Waals surface area contributed by atoms with Gasteiger partial charge in [-0.1, -0.05) is 36.4 Å². The first kappa shape index (κ1) is 19.4. The molecule has 4 rings (SSSR count). The zero-order chi connectivity index (χ0) is 19.2. The standard InChI is InChI=1S/C23H30FN3O/c24-20-7-4-8-22(15-20)28-14-11-21-16-23(26-25-21)19-10-13-27(17-19)12-9-18-5-2-1-3-6-18/h1-8,15,19,21,23,25-26H,9-14,16-17H2. The molecule has 2 aromatic carbocycles. The molecule has 2 N–H and O–H groups in total. The van der Waals surface area contributed by atoms with Gasteiger partial charge in [0.1, 0.15) is 11.6 Å². The Morgan fingerprint density at radius 3 is 2.82 bits per heavy atom. The highest BCUT2D eigenvalue weighted by Gasteiger charge is 2.34. The van der Waals surface area contributed by atoms with Crippen LogP contribution in [0.5, 0.6) is 5.75 Å². The van der Waals surface area contributed by atoms with Gasteiger partial charge in [-0.25, -0.2) is 4.39 Å². The maximum absolute atomic E-state index is 13.2. The molecule has 0 aliphatic carbocycles. The number of hydrazine groups is 1. The molecule has 0 spiro atoms. The van der Waals surface area contributed by atoms with Crippen molar-refractivity contribution in [1.82, 2.24) is 15.8 Å². The van der Waals surface area contributed by atoms with Crippen LogP contribution < -0.4 is 15.6 Å². The number of hydrogen-bond acceptors (Lipinski definition) is 4. The molecular weight excluding hydrogens is 353 g/mol. The molecule has 5 heteroatoms. The van der Waals surface area contributed by atoms with Crippen LogP contribution in [0, 0.1) is 11.7 Å². The van der Waals surface area contributed by atoms with Gasteiger partial charge in [0, 0.05) is 31.2 Å². The van der Waals surface area contributed by atoms with Crippen LogP contribution in [0.2, 0.25) is 0 Å². The van der Waals surface area contributed by atoms with Crippen LogP contribution in [0.4, 0.5) is 4.39 Å². The summed E-state index contributed by atoms with van der Waals surface area (Å²) >= 11 is 0. The fourth-order valence-electron chi connectivity index (χ4n) is 4.35. The van der Waals surface area contributed by atoms with Crippen LogP contribution in [0.1, 0.15) is 24.8 Å². The molecule has 3 atom stereocenters. The van der Waals surface area contributed by atoms with Gasteiger partial charge in [-0.15, -0.1) is 0 Å². The van der Waals surface area contributed by atoms with Crippen molar-refractivity contribution in [3.8, 4) is 5.75 Å². The predicted octanol–water partition coefficient (Wildman–Crippen LogP) is 3.39. The highest BCUT2D eigenvalue weighted by molar-refractivity contribution is 5.22. The van der Waals surface area contributed by atoms with E-state index in [0.29, 0.717) is 30.4 Å².